The summed E-state index contributed by atoms with van der Waals surface area (Å²) in [5.74, 6) is 0.0597. The molecule has 1 saturated heterocycles. The largest absolute Gasteiger partial charge is 0.346 e. The summed E-state index contributed by atoms with van der Waals surface area (Å²) in [5, 5.41) is 3.03. The smallest absolute Gasteiger partial charge is 0.251 e. The molecule has 1 aliphatic rings. The Kier molecular flexibility index (Phi) is 4.76. The van der Waals surface area contributed by atoms with Crippen LogP contribution in [0.1, 0.15) is 35.2 Å². The predicted octanol–water partition coefficient (Wildman–Crippen LogP) is 0.794. The van der Waals surface area contributed by atoms with Gasteiger partial charge in [-0.15, -0.1) is 0 Å². The molecule has 18 heavy (non-hydrogen) atoms. The van der Waals surface area contributed by atoms with E-state index < -0.39 is 0 Å². The monoisotopic (exact) mass is 247 g/mol. The van der Waals surface area contributed by atoms with Crippen molar-refractivity contribution in [2.75, 3.05) is 26.2 Å². The van der Waals surface area contributed by atoms with E-state index in [0.29, 0.717) is 0 Å². The highest BCUT2D eigenvalue weighted by Crippen LogP contribution is 2.05. The van der Waals surface area contributed by atoms with E-state index in [9.17, 15) is 4.79 Å². The summed E-state index contributed by atoms with van der Waals surface area (Å²) < 4.78 is 0. The van der Waals surface area contributed by atoms with Crippen LogP contribution < -0.4 is 10.2 Å². The number of amides is 1. The third-order valence-corrected chi connectivity index (χ3v) is 3.71. The van der Waals surface area contributed by atoms with E-state index in [-0.39, 0.29) is 5.91 Å². The molecule has 1 aliphatic heterocycles. The summed E-state index contributed by atoms with van der Waals surface area (Å²) in [5.41, 5.74) is 1.84. The molecule has 0 radical (unpaired) electrons. The molecule has 2 rings (SSSR count). The van der Waals surface area contributed by atoms with Crippen molar-refractivity contribution in [3.8, 4) is 0 Å². The maximum absolute atomic E-state index is 12.0. The Morgan fingerprint density at radius 1 is 1.22 bits per heavy atom. The zero-order valence-corrected chi connectivity index (χ0v) is 11.2. The van der Waals surface area contributed by atoms with Gasteiger partial charge in [0.2, 0.25) is 0 Å². The van der Waals surface area contributed by atoms with Crippen LogP contribution in [0.5, 0.6) is 0 Å². The summed E-state index contributed by atoms with van der Waals surface area (Å²) in [4.78, 5) is 13.6. The van der Waals surface area contributed by atoms with Crippen molar-refractivity contribution in [3.05, 3.63) is 35.4 Å². The van der Waals surface area contributed by atoms with Gasteiger partial charge in [-0.05, 0) is 37.8 Å². The number of carbonyl (C=O) groups excluding carboxylic acids is 1. The lowest BCUT2D eigenvalue weighted by Gasteiger charge is -2.23. The highest BCUT2D eigenvalue weighted by Gasteiger charge is 2.13. The fourth-order valence-corrected chi connectivity index (χ4v) is 2.58. The number of rotatable bonds is 4. The van der Waals surface area contributed by atoms with Gasteiger partial charge in [-0.3, -0.25) is 4.79 Å². The lowest BCUT2D eigenvalue weighted by molar-refractivity contribution is -0.903. The number of likely N-dealkylation sites (tertiary alicyclic amines) is 1. The first-order valence-electron chi connectivity index (χ1n) is 6.95. The number of hydrogen-bond donors (Lipinski definition) is 2. The van der Waals surface area contributed by atoms with Crippen LogP contribution in [-0.4, -0.2) is 32.1 Å². The molecule has 0 atom stereocenters. The van der Waals surface area contributed by atoms with E-state index in [0.717, 1.165) is 24.2 Å². The van der Waals surface area contributed by atoms with E-state index >= 15 is 0 Å². The van der Waals surface area contributed by atoms with E-state index in [1.165, 1.54) is 32.4 Å². The van der Waals surface area contributed by atoms with Crippen LogP contribution in [0.25, 0.3) is 0 Å². The van der Waals surface area contributed by atoms with Gasteiger partial charge in [0.1, 0.15) is 0 Å². The van der Waals surface area contributed by atoms with Crippen LogP contribution in [0.2, 0.25) is 0 Å². The molecule has 0 bridgehead atoms. The van der Waals surface area contributed by atoms with E-state index in [1.807, 2.05) is 31.2 Å². The van der Waals surface area contributed by atoms with E-state index in [1.54, 1.807) is 4.90 Å². The molecule has 0 unspecified atom stereocenters. The van der Waals surface area contributed by atoms with Gasteiger partial charge < -0.3 is 10.2 Å². The highest BCUT2D eigenvalue weighted by molar-refractivity contribution is 5.95. The van der Waals surface area contributed by atoms with Crippen molar-refractivity contribution in [2.45, 2.75) is 26.2 Å². The Labute approximate surface area is 109 Å². The Morgan fingerprint density at radius 2 is 1.94 bits per heavy atom. The second-order valence-electron chi connectivity index (χ2n) is 5.13. The molecule has 3 heteroatoms. The van der Waals surface area contributed by atoms with Crippen LogP contribution in [0.4, 0.5) is 0 Å². The normalized spacial score (nSPS) is 16.5. The second-order valence-corrected chi connectivity index (χ2v) is 5.13. The lowest BCUT2D eigenvalue weighted by atomic mass is 10.1. The number of nitrogens with one attached hydrogen (secondary N) is 2. The predicted molar refractivity (Wildman–Crippen MR) is 72.9 cm³/mol. The number of carbonyl (C=O) groups is 1. The van der Waals surface area contributed by atoms with Gasteiger partial charge in [-0.2, -0.15) is 0 Å². The zero-order chi connectivity index (χ0) is 12.8. The zero-order valence-electron chi connectivity index (χ0n) is 11.2. The Hall–Kier alpha value is -1.35. The van der Waals surface area contributed by atoms with E-state index in [2.05, 4.69) is 5.32 Å². The Balaban J connectivity index is 1.76. The third-order valence-electron chi connectivity index (χ3n) is 3.71. The van der Waals surface area contributed by atoms with Gasteiger partial charge >= 0.3 is 0 Å². The van der Waals surface area contributed by atoms with Gasteiger partial charge in [0.05, 0.1) is 26.2 Å². The molecular formula is C15H23N2O+. The van der Waals surface area contributed by atoms with Gasteiger partial charge in [-0.25, -0.2) is 0 Å². The Bertz CT molecular complexity index is 397. The third kappa shape index (κ3) is 3.57. The van der Waals surface area contributed by atoms with Crippen molar-refractivity contribution in [2.24, 2.45) is 0 Å². The van der Waals surface area contributed by atoms with Gasteiger partial charge in [0.25, 0.3) is 5.91 Å². The van der Waals surface area contributed by atoms with Crippen molar-refractivity contribution >= 4 is 5.91 Å². The van der Waals surface area contributed by atoms with Crippen molar-refractivity contribution in [3.63, 3.8) is 0 Å². The molecule has 0 saturated carbocycles. The fourth-order valence-electron chi connectivity index (χ4n) is 2.58. The molecule has 0 aliphatic carbocycles. The molecule has 1 aromatic carbocycles. The van der Waals surface area contributed by atoms with Crippen LogP contribution in [0.15, 0.2) is 24.3 Å². The topological polar surface area (TPSA) is 33.5 Å². The van der Waals surface area contributed by atoms with Crippen molar-refractivity contribution < 1.29 is 9.69 Å². The average Bonchev–Trinajstić information content (AvgIpc) is 2.40. The molecule has 3 nitrogen and oxygen atoms in total. The number of aryl methyl sites for hydroxylation is 1. The molecule has 1 amide bonds. The standard InChI is InChI=1S/C15H22N2O/c1-13-7-3-4-8-14(13)15(18)16-9-12-17-10-5-2-6-11-17/h3-4,7-8H,2,5-6,9-12H2,1H3,(H,16,18)/p+1. The number of quaternary nitrogens is 1. The second kappa shape index (κ2) is 6.55. The summed E-state index contributed by atoms with van der Waals surface area (Å²) in [6.07, 6.45) is 4.04. The molecule has 98 valence electrons. The molecule has 0 aromatic heterocycles. The molecule has 1 aromatic rings. The van der Waals surface area contributed by atoms with Crippen molar-refractivity contribution in [1.82, 2.24) is 5.32 Å². The molecule has 2 N–H and O–H groups in total. The summed E-state index contributed by atoms with van der Waals surface area (Å²) in [6.45, 7) is 6.34. The SMILES string of the molecule is Cc1ccccc1C(=O)NCC[NH+]1CCCCC1. The van der Waals surface area contributed by atoms with Crippen LogP contribution in [0.3, 0.4) is 0 Å². The number of hydrogen-bond acceptors (Lipinski definition) is 1. The quantitative estimate of drug-likeness (QED) is 0.810. The fraction of sp³-hybridized carbons (Fsp3) is 0.533. The molecule has 1 heterocycles. The van der Waals surface area contributed by atoms with Crippen molar-refractivity contribution in [1.29, 1.82) is 0 Å². The number of benzene rings is 1. The van der Waals surface area contributed by atoms with Crippen LogP contribution in [0, 0.1) is 6.92 Å². The minimum Gasteiger partial charge on any atom is -0.346 e. The summed E-state index contributed by atoms with van der Waals surface area (Å²) in [6, 6.07) is 7.74. The molecule has 1 fully saturated rings. The summed E-state index contributed by atoms with van der Waals surface area (Å²) in [7, 11) is 0. The number of piperidine rings is 1. The maximum Gasteiger partial charge on any atom is 0.251 e. The minimum atomic E-state index is 0.0597. The molecule has 0 spiro atoms. The minimum absolute atomic E-state index is 0.0597. The summed E-state index contributed by atoms with van der Waals surface area (Å²) >= 11 is 0. The van der Waals surface area contributed by atoms with E-state index in [4.69, 9.17) is 0 Å². The first-order chi connectivity index (χ1) is 8.77. The van der Waals surface area contributed by atoms with Gasteiger partial charge in [0, 0.05) is 5.56 Å². The average molecular weight is 247 g/mol. The highest BCUT2D eigenvalue weighted by atomic mass is 16.1. The van der Waals surface area contributed by atoms with Crippen LogP contribution in [-0.2, 0) is 0 Å². The maximum atomic E-state index is 12.0. The molecular weight excluding hydrogens is 224 g/mol. The first-order valence-corrected chi connectivity index (χ1v) is 6.95. The van der Waals surface area contributed by atoms with Crippen LogP contribution >= 0.6 is 0 Å². The Morgan fingerprint density at radius 3 is 2.67 bits per heavy atom. The van der Waals surface area contributed by atoms with Gasteiger partial charge in [0.15, 0.2) is 0 Å². The lowest BCUT2D eigenvalue weighted by Crippen LogP contribution is -3.13. The first kappa shape index (κ1) is 13.1. The van der Waals surface area contributed by atoms with Gasteiger partial charge in [-0.1, -0.05) is 18.2 Å².